The van der Waals surface area contributed by atoms with E-state index in [0.717, 1.165) is 34.9 Å². The zero-order valence-electron chi connectivity index (χ0n) is 11.0. The minimum Gasteiger partial charge on any atom is -0.490 e. The first-order chi connectivity index (χ1) is 8.54. The fourth-order valence-electron chi connectivity index (χ4n) is 2.20. The van der Waals surface area contributed by atoms with Crippen LogP contribution in [0.15, 0.2) is 12.1 Å². The van der Waals surface area contributed by atoms with Crippen LogP contribution in [0.3, 0.4) is 0 Å². The first-order valence-electron chi connectivity index (χ1n) is 6.34. The van der Waals surface area contributed by atoms with E-state index < -0.39 is 0 Å². The van der Waals surface area contributed by atoms with Crippen molar-refractivity contribution < 1.29 is 9.47 Å². The summed E-state index contributed by atoms with van der Waals surface area (Å²) in [7, 11) is 0. The lowest BCUT2D eigenvalue weighted by molar-refractivity contribution is 0.296. The van der Waals surface area contributed by atoms with Gasteiger partial charge in [-0.15, -0.1) is 0 Å². The van der Waals surface area contributed by atoms with Gasteiger partial charge in [0.1, 0.15) is 0 Å². The molecule has 0 saturated carbocycles. The molecule has 0 radical (unpaired) electrons. The highest BCUT2D eigenvalue weighted by Gasteiger charge is 2.25. The Morgan fingerprint density at radius 3 is 2.44 bits per heavy atom. The smallest absolute Gasteiger partial charge is 0.162 e. The minimum atomic E-state index is -0.0590. The van der Waals surface area contributed by atoms with Gasteiger partial charge >= 0.3 is 0 Å². The summed E-state index contributed by atoms with van der Waals surface area (Å²) in [6, 6.07) is 3.86. The van der Waals surface area contributed by atoms with Gasteiger partial charge in [0.2, 0.25) is 0 Å². The van der Waals surface area contributed by atoms with Gasteiger partial charge < -0.3 is 15.2 Å². The van der Waals surface area contributed by atoms with Gasteiger partial charge in [-0.1, -0.05) is 25.4 Å². The Kier molecular flexibility index (Phi) is 4.03. The fraction of sp³-hybridized carbons (Fsp3) is 0.571. The van der Waals surface area contributed by atoms with Crippen molar-refractivity contribution >= 4 is 11.6 Å². The largest absolute Gasteiger partial charge is 0.490 e. The van der Waals surface area contributed by atoms with Gasteiger partial charge in [0.05, 0.1) is 13.2 Å². The molecule has 0 atom stereocenters. The highest BCUT2D eigenvalue weighted by Crippen LogP contribution is 2.40. The third-order valence-electron chi connectivity index (χ3n) is 3.34. The van der Waals surface area contributed by atoms with Crippen LogP contribution in [-0.2, 0) is 5.41 Å². The van der Waals surface area contributed by atoms with Crippen molar-refractivity contribution in [2.24, 2.45) is 5.73 Å². The van der Waals surface area contributed by atoms with Gasteiger partial charge in [-0.25, -0.2) is 0 Å². The molecule has 18 heavy (non-hydrogen) atoms. The molecule has 1 aromatic rings. The van der Waals surface area contributed by atoms with E-state index in [1.807, 2.05) is 12.1 Å². The molecule has 0 bridgehead atoms. The Hall–Kier alpha value is -0.930. The summed E-state index contributed by atoms with van der Waals surface area (Å²) in [4.78, 5) is 0. The number of fused-ring (bicyclic) bond motifs is 1. The van der Waals surface area contributed by atoms with Gasteiger partial charge in [0, 0.05) is 17.5 Å². The van der Waals surface area contributed by atoms with Crippen molar-refractivity contribution in [3.05, 3.63) is 22.7 Å². The molecule has 0 amide bonds. The summed E-state index contributed by atoms with van der Waals surface area (Å²) in [5.41, 5.74) is 6.68. The summed E-state index contributed by atoms with van der Waals surface area (Å²) >= 11 is 6.36. The Labute approximate surface area is 113 Å². The van der Waals surface area contributed by atoms with Gasteiger partial charge in [-0.05, 0) is 30.0 Å². The predicted octanol–water partition coefficient (Wildman–Crippen LogP) is 3.13. The second kappa shape index (κ2) is 5.37. The van der Waals surface area contributed by atoms with Crippen LogP contribution in [0.25, 0.3) is 0 Å². The first-order valence-corrected chi connectivity index (χ1v) is 6.72. The van der Waals surface area contributed by atoms with Crippen molar-refractivity contribution in [2.75, 3.05) is 19.8 Å². The molecular formula is C14H20ClNO2. The van der Waals surface area contributed by atoms with E-state index in [9.17, 15) is 0 Å². The molecule has 2 rings (SSSR count). The number of benzene rings is 1. The molecule has 0 aliphatic carbocycles. The molecular weight excluding hydrogens is 250 g/mol. The summed E-state index contributed by atoms with van der Waals surface area (Å²) < 4.78 is 11.3. The van der Waals surface area contributed by atoms with E-state index >= 15 is 0 Å². The average Bonchev–Trinajstić information content (AvgIpc) is 2.52. The van der Waals surface area contributed by atoms with Crippen LogP contribution >= 0.6 is 11.6 Å². The lowest BCUT2D eigenvalue weighted by Gasteiger charge is -2.26. The quantitative estimate of drug-likeness (QED) is 0.917. The molecule has 0 fully saturated rings. The highest BCUT2D eigenvalue weighted by molar-refractivity contribution is 6.31. The van der Waals surface area contributed by atoms with E-state index in [1.54, 1.807) is 0 Å². The maximum Gasteiger partial charge on any atom is 0.162 e. The monoisotopic (exact) mass is 269 g/mol. The Morgan fingerprint density at radius 1 is 1.22 bits per heavy atom. The van der Waals surface area contributed by atoms with Crippen LogP contribution < -0.4 is 15.2 Å². The maximum atomic E-state index is 6.36. The van der Waals surface area contributed by atoms with Crippen LogP contribution in [0.1, 0.15) is 32.3 Å². The minimum absolute atomic E-state index is 0.0590. The molecule has 2 N–H and O–H groups in total. The topological polar surface area (TPSA) is 44.5 Å². The Balaban J connectivity index is 2.40. The molecule has 100 valence electrons. The Morgan fingerprint density at radius 2 is 1.83 bits per heavy atom. The van der Waals surface area contributed by atoms with E-state index in [0.29, 0.717) is 19.8 Å². The van der Waals surface area contributed by atoms with E-state index in [1.165, 1.54) is 0 Å². The summed E-state index contributed by atoms with van der Waals surface area (Å²) in [5.74, 6) is 1.53. The van der Waals surface area contributed by atoms with E-state index in [4.69, 9.17) is 26.8 Å². The number of ether oxygens (including phenoxy) is 2. The maximum absolute atomic E-state index is 6.36. The first kappa shape index (κ1) is 13.5. The number of nitrogens with two attached hydrogens (primary N) is 1. The van der Waals surface area contributed by atoms with Crippen LogP contribution in [0, 0.1) is 0 Å². The lowest BCUT2D eigenvalue weighted by Crippen LogP contribution is -2.22. The summed E-state index contributed by atoms with van der Waals surface area (Å²) in [5, 5.41) is 0.720. The van der Waals surface area contributed by atoms with Crippen molar-refractivity contribution in [1.29, 1.82) is 0 Å². The SMILES string of the molecule is CC(C)(CCN)c1cc2c(cc1Cl)OCCCO2. The second-order valence-corrected chi connectivity index (χ2v) is 5.66. The van der Waals surface area contributed by atoms with Gasteiger partial charge in [0.25, 0.3) is 0 Å². The fourth-order valence-corrected chi connectivity index (χ4v) is 2.61. The van der Waals surface area contributed by atoms with Crippen molar-refractivity contribution in [3.63, 3.8) is 0 Å². The Bertz CT molecular complexity index is 432. The normalized spacial score (nSPS) is 15.3. The molecule has 0 unspecified atom stereocenters. The molecule has 0 spiro atoms. The van der Waals surface area contributed by atoms with E-state index in [2.05, 4.69) is 13.8 Å². The van der Waals surface area contributed by atoms with Gasteiger partial charge in [0.15, 0.2) is 11.5 Å². The molecule has 1 heterocycles. The zero-order valence-corrected chi connectivity index (χ0v) is 11.7. The number of hydrogen-bond acceptors (Lipinski definition) is 3. The second-order valence-electron chi connectivity index (χ2n) is 5.25. The summed E-state index contributed by atoms with van der Waals surface area (Å²) in [6.45, 7) is 6.29. The lowest BCUT2D eigenvalue weighted by atomic mass is 9.81. The zero-order chi connectivity index (χ0) is 13.2. The van der Waals surface area contributed by atoms with Crippen LogP contribution in [0.4, 0.5) is 0 Å². The molecule has 1 aliphatic heterocycles. The third kappa shape index (κ3) is 2.73. The molecule has 0 aromatic heterocycles. The van der Waals surface area contributed by atoms with Crippen LogP contribution in [0.2, 0.25) is 5.02 Å². The van der Waals surface area contributed by atoms with Crippen LogP contribution in [0.5, 0.6) is 11.5 Å². The molecule has 3 nitrogen and oxygen atoms in total. The van der Waals surface area contributed by atoms with Gasteiger partial charge in [-0.3, -0.25) is 0 Å². The molecule has 1 aliphatic rings. The van der Waals surface area contributed by atoms with Crippen molar-refractivity contribution in [1.82, 2.24) is 0 Å². The van der Waals surface area contributed by atoms with Crippen molar-refractivity contribution in [3.8, 4) is 11.5 Å². The average molecular weight is 270 g/mol. The molecule has 0 saturated heterocycles. The van der Waals surface area contributed by atoms with Crippen LogP contribution in [-0.4, -0.2) is 19.8 Å². The highest BCUT2D eigenvalue weighted by atomic mass is 35.5. The number of hydrogen-bond donors (Lipinski definition) is 1. The van der Waals surface area contributed by atoms with Gasteiger partial charge in [-0.2, -0.15) is 0 Å². The molecule has 4 heteroatoms. The number of rotatable bonds is 3. The number of halogens is 1. The summed E-state index contributed by atoms with van der Waals surface area (Å²) in [6.07, 6.45) is 1.78. The standard InChI is InChI=1S/C14H20ClNO2/c1-14(2,4-5-16)10-8-12-13(9-11(10)15)18-7-3-6-17-12/h8-9H,3-7,16H2,1-2H3. The predicted molar refractivity (Wildman–Crippen MR) is 73.8 cm³/mol. The molecule has 1 aromatic carbocycles. The third-order valence-corrected chi connectivity index (χ3v) is 3.65. The van der Waals surface area contributed by atoms with Crippen molar-refractivity contribution in [2.45, 2.75) is 32.1 Å². The van der Waals surface area contributed by atoms with E-state index in [-0.39, 0.29) is 5.41 Å².